The van der Waals surface area contributed by atoms with E-state index in [0.717, 1.165) is 5.56 Å². The van der Waals surface area contributed by atoms with Crippen LogP contribution in [0.3, 0.4) is 0 Å². The minimum absolute atomic E-state index is 0.0876. The highest BCUT2D eigenvalue weighted by Crippen LogP contribution is 2.37. The van der Waals surface area contributed by atoms with E-state index in [4.69, 9.17) is 30.5 Å². The van der Waals surface area contributed by atoms with E-state index in [1.165, 1.54) is 26.4 Å². The van der Waals surface area contributed by atoms with E-state index in [0.29, 0.717) is 5.75 Å². The molecule has 0 aromatic heterocycles. The molecule has 1 unspecified atom stereocenters. The van der Waals surface area contributed by atoms with Crippen LogP contribution >= 0.6 is 11.6 Å². The third-order valence-electron chi connectivity index (χ3n) is 4.26. The zero-order chi connectivity index (χ0) is 23.7. The first-order valence-electron chi connectivity index (χ1n) is 9.87. The summed E-state index contributed by atoms with van der Waals surface area (Å²) in [6.45, 7) is 3.07. The molecule has 2 aromatic rings. The van der Waals surface area contributed by atoms with E-state index in [-0.39, 0.29) is 28.9 Å². The maximum Gasteiger partial charge on any atom is 0.338 e. The average molecular weight is 464 g/mol. The second-order valence-electron chi connectivity index (χ2n) is 7.07. The van der Waals surface area contributed by atoms with Crippen LogP contribution in [0.1, 0.15) is 29.8 Å². The Labute approximate surface area is 191 Å². The van der Waals surface area contributed by atoms with Crippen molar-refractivity contribution < 1.29 is 33.3 Å². The van der Waals surface area contributed by atoms with Gasteiger partial charge in [-0.05, 0) is 31.5 Å². The summed E-state index contributed by atoms with van der Waals surface area (Å²) in [4.78, 5) is 36.8. The standard InChI is InChI=1S/C23H26ClNO7/c1-14(2)32-21-17(24)11-16(12-19(21)29-3)22(27)31-13-20(26)25-18(23(28)30-4)10-15-8-6-5-7-9-15/h5-9,11-12,14,18H,10,13H2,1-4H3,(H,25,26). The van der Waals surface area contributed by atoms with Crippen LogP contribution < -0.4 is 14.8 Å². The lowest BCUT2D eigenvalue weighted by molar-refractivity contribution is -0.145. The first-order valence-corrected chi connectivity index (χ1v) is 10.2. The van der Waals surface area contributed by atoms with Crippen molar-refractivity contribution in [2.45, 2.75) is 32.4 Å². The number of amides is 1. The van der Waals surface area contributed by atoms with E-state index in [9.17, 15) is 14.4 Å². The van der Waals surface area contributed by atoms with Gasteiger partial charge < -0.3 is 24.3 Å². The molecular formula is C23H26ClNO7. The first kappa shape index (κ1) is 25.0. The molecule has 2 aromatic carbocycles. The maximum absolute atomic E-state index is 12.4. The molecule has 0 aliphatic heterocycles. The fourth-order valence-electron chi connectivity index (χ4n) is 2.82. The molecule has 0 aliphatic rings. The SMILES string of the molecule is COC(=O)C(Cc1ccccc1)NC(=O)COC(=O)c1cc(Cl)c(OC(C)C)c(OC)c1. The Kier molecular flexibility index (Phi) is 9.34. The highest BCUT2D eigenvalue weighted by Gasteiger charge is 2.23. The highest BCUT2D eigenvalue weighted by atomic mass is 35.5. The molecule has 1 atom stereocenters. The number of esters is 2. The molecule has 0 bridgehead atoms. The van der Waals surface area contributed by atoms with Crippen molar-refractivity contribution in [2.24, 2.45) is 0 Å². The summed E-state index contributed by atoms with van der Waals surface area (Å²) in [6.07, 6.45) is 0.0821. The Morgan fingerprint density at radius 2 is 1.75 bits per heavy atom. The first-order chi connectivity index (χ1) is 15.2. The third-order valence-corrected chi connectivity index (χ3v) is 4.54. The van der Waals surface area contributed by atoms with E-state index < -0.39 is 30.5 Å². The smallest absolute Gasteiger partial charge is 0.338 e. The van der Waals surface area contributed by atoms with E-state index in [2.05, 4.69) is 5.32 Å². The number of carbonyl (C=O) groups is 3. The van der Waals surface area contributed by atoms with Crippen molar-refractivity contribution in [3.8, 4) is 11.5 Å². The van der Waals surface area contributed by atoms with Gasteiger partial charge in [-0.25, -0.2) is 9.59 Å². The van der Waals surface area contributed by atoms with Crippen LogP contribution in [-0.4, -0.2) is 50.8 Å². The Balaban J connectivity index is 2.02. The molecule has 0 radical (unpaired) electrons. The number of hydrogen-bond donors (Lipinski definition) is 1. The van der Waals surface area contributed by atoms with Crippen molar-refractivity contribution in [1.82, 2.24) is 5.32 Å². The molecule has 1 N–H and O–H groups in total. The number of methoxy groups -OCH3 is 2. The van der Waals surface area contributed by atoms with Crippen molar-refractivity contribution in [2.75, 3.05) is 20.8 Å². The van der Waals surface area contributed by atoms with Gasteiger partial charge in [0.2, 0.25) is 0 Å². The van der Waals surface area contributed by atoms with Gasteiger partial charge in [-0.15, -0.1) is 0 Å². The van der Waals surface area contributed by atoms with Crippen molar-refractivity contribution >= 4 is 29.4 Å². The summed E-state index contributed by atoms with van der Waals surface area (Å²) in [5.41, 5.74) is 0.926. The second kappa shape index (κ2) is 12.0. The lowest BCUT2D eigenvalue weighted by Gasteiger charge is -2.17. The van der Waals surface area contributed by atoms with Gasteiger partial charge in [0.25, 0.3) is 5.91 Å². The van der Waals surface area contributed by atoms with Crippen LogP contribution in [-0.2, 0) is 25.5 Å². The van der Waals surface area contributed by atoms with Crippen LogP contribution in [0, 0.1) is 0 Å². The largest absolute Gasteiger partial charge is 0.493 e. The monoisotopic (exact) mass is 463 g/mol. The van der Waals surface area contributed by atoms with Crippen LogP contribution in [0.2, 0.25) is 5.02 Å². The third kappa shape index (κ3) is 7.16. The van der Waals surface area contributed by atoms with Crippen molar-refractivity contribution in [3.63, 3.8) is 0 Å². The normalized spacial score (nSPS) is 11.4. The fourth-order valence-corrected chi connectivity index (χ4v) is 3.08. The van der Waals surface area contributed by atoms with Gasteiger partial charge in [0.1, 0.15) is 6.04 Å². The maximum atomic E-state index is 12.4. The van der Waals surface area contributed by atoms with Gasteiger partial charge >= 0.3 is 11.9 Å². The molecule has 172 valence electrons. The number of rotatable bonds is 10. The topological polar surface area (TPSA) is 100 Å². The lowest BCUT2D eigenvalue weighted by Crippen LogP contribution is -2.44. The predicted molar refractivity (Wildman–Crippen MR) is 118 cm³/mol. The van der Waals surface area contributed by atoms with Gasteiger partial charge in [0.05, 0.1) is 30.9 Å². The number of hydrogen-bond acceptors (Lipinski definition) is 7. The summed E-state index contributed by atoms with van der Waals surface area (Å²) >= 11 is 6.22. The summed E-state index contributed by atoms with van der Waals surface area (Å²) in [5.74, 6) is -1.47. The fraction of sp³-hybridized carbons (Fsp3) is 0.348. The molecule has 0 saturated heterocycles. The van der Waals surface area contributed by atoms with Gasteiger partial charge in [-0.3, -0.25) is 4.79 Å². The summed E-state index contributed by atoms with van der Waals surface area (Å²) in [5, 5.41) is 2.70. The molecule has 0 spiro atoms. The Bertz CT molecular complexity index is 947. The van der Waals surface area contributed by atoms with Crippen LogP contribution in [0.15, 0.2) is 42.5 Å². The van der Waals surface area contributed by atoms with Gasteiger partial charge in [-0.1, -0.05) is 41.9 Å². The Morgan fingerprint density at radius 3 is 2.34 bits per heavy atom. The summed E-state index contributed by atoms with van der Waals surface area (Å²) in [6, 6.07) is 11.0. The number of nitrogens with one attached hydrogen (secondary N) is 1. The van der Waals surface area contributed by atoms with Crippen LogP contribution in [0.25, 0.3) is 0 Å². The van der Waals surface area contributed by atoms with Gasteiger partial charge in [0, 0.05) is 6.42 Å². The zero-order valence-corrected chi connectivity index (χ0v) is 19.1. The van der Waals surface area contributed by atoms with E-state index in [1.54, 1.807) is 0 Å². The second-order valence-corrected chi connectivity index (χ2v) is 7.47. The quantitative estimate of drug-likeness (QED) is 0.540. The van der Waals surface area contributed by atoms with Crippen molar-refractivity contribution in [1.29, 1.82) is 0 Å². The van der Waals surface area contributed by atoms with E-state index in [1.807, 2.05) is 44.2 Å². The van der Waals surface area contributed by atoms with E-state index >= 15 is 0 Å². The Morgan fingerprint density at radius 1 is 1.06 bits per heavy atom. The molecule has 8 nitrogen and oxygen atoms in total. The number of halogens is 1. The van der Waals surface area contributed by atoms with Gasteiger partial charge in [0.15, 0.2) is 18.1 Å². The molecule has 32 heavy (non-hydrogen) atoms. The molecule has 0 saturated carbocycles. The Hall–Kier alpha value is -3.26. The molecule has 0 fully saturated rings. The molecule has 1 amide bonds. The number of ether oxygens (including phenoxy) is 4. The minimum atomic E-state index is -0.921. The van der Waals surface area contributed by atoms with Gasteiger partial charge in [-0.2, -0.15) is 0 Å². The molecular weight excluding hydrogens is 438 g/mol. The molecule has 9 heteroatoms. The average Bonchev–Trinajstić information content (AvgIpc) is 2.78. The molecule has 0 aliphatic carbocycles. The zero-order valence-electron chi connectivity index (χ0n) is 18.3. The summed E-state index contributed by atoms with van der Waals surface area (Å²) < 4.78 is 20.7. The van der Waals surface area contributed by atoms with Crippen LogP contribution in [0.4, 0.5) is 0 Å². The molecule has 0 heterocycles. The molecule has 2 rings (SSSR count). The predicted octanol–water partition coefficient (Wildman–Crippen LogP) is 3.19. The lowest BCUT2D eigenvalue weighted by atomic mass is 10.1. The van der Waals surface area contributed by atoms with Crippen molar-refractivity contribution in [3.05, 3.63) is 58.6 Å². The number of benzene rings is 2. The minimum Gasteiger partial charge on any atom is -0.493 e. The number of carbonyl (C=O) groups excluding carboxylic acids is 3. The van der Waals surface area contributed by atoms with Crippen LogP contribution in [0.5, 0.6) is 11.5 Å². The summed E-state index contributed by atoms with van der Waals surface area (Å²) in [7, 11) is 2.65. The highest BCUT2D eigenvalue weighted by molar-refractivity contribution is 6.32.